The lowest BCUT2D eigenvalue weighted by Gasteiger charge is -2.40. The fourth-order valence-electron chi connectivity index (χ4n) is 2.27. The molecule has 2 N–H and O–H groups in total. The molecule has 0 aliphatic heterocycles. The lowest BCUT2D eigenvalue weighted by atomic mass is 9.88. The zero-order chi connectivity index (χ0) is 9.19. The number of nitrogens with two attached hydrogens (primary N) is 1. The van der Waals surface area contributed by atoms with E-state index in [9.17, 15) is 0 Å². The van der Waals surface area contributed by atoms with E-state index < -0.39 is 0 Å². The second-order valence-corrected chi connectivity index (χ2v) is 3.95. The molecule has 12 heavy (non-hydrogen) atoms. The smallest absolute Gasteiger partial charge is 0.0354 e. The first-order chi connectivity index (χ1) is 5.71. The molecule has 2 heteroatoms. The Morgan fingerprint density at radius 3 is 2.25 bits per heavy atom. The van der Waals surface area contributed by atoms with Gasteiger partial charge in [0.1, 0.15) is 0 Å². The third-order valence-corrected chi connectivity index (χ3v) is 3.54. The topological polar surface area (TPSA) is 29.3 Å². The molecule has 0 aromatic rings. The summed E-state index contributed by atoms with van der Waals surface area (Å²) in [5.41, 5.74) is 6.21. The molecule has 0 amide bonds. The van der Waals surface area contributed by atoms with E-state index in [1.54, 1.807) is 0 Å². The predicted molar refractivity (Wildman–Crippen MR) is 53.1 cm³/mol. The SMILES string of the molecule is CCN(C)C(CC)(CN)C1CC1. The number of rotatable bonds is 5. The maximum atomic E-state index is 5.89. The third kappa shape index (κ3) is 1.50. The molecule has 0 spiro atoms. The number of hydrogen-bond donors (Lipinski definition) is 1. The Morgan fingerprint density at radius 1 is 1.42 bits per heavy atom. The van der Waals surface area contributed by atoms with Crippen molar-refractivity contribution in [3.63, 3.8) is 0 Å². The Hall–Kier alpha value is -0.0800. The fraction of sp³-hybridized carbons (Fsp3) is 1.00. The Balaban J connectivity index is 2.67. The standard InChI is InChI=1S/C10H22N2/c1-4-10(8-11,9-6-7-9)12(3)5-2/h9H,4-8,11H2,1-3H3. The van der Waals surface area contributed by atoms with Crippen molar-refractivity contribution in [2.45, 2.75) is 38.6 Å². The molecule has 1 saturated carbocycles. The summed E-state index contributed by atoms with van der Waals surface area (Å²) in [5.74, 6) is 0.873. The first-order valence-electron chi connectivity index (χ1n) is 5.12. The van der Waals surface area contributed by atoms with Crippen molar-refractivity contribution in [1.82, 2.24) is 4.90 Å². The van der Waals surface area contributed by atoms with E-state index in [2.05, 4.69) is 25.8 Å². The van der Waals surface area contributed by atoms with Crippen LogP contribution in [-0.2, 0) is 0 Å². The molecule has 1 aliphatic rings. The lowest BCUT2D eigenvalue weighted by Crippen LogP contribution is -2.53. The summed E-state index contributed by atoms with van der Waals surface area (Å²) >= 11 is 0. The summed E-state index contributed by atoms with van der Waals surface area (Å²) in [6.45, 7) is 6.40. The van der Waals surface area contributed by atoms with E-state index in [0.29, 0.717) is 5.54 Å². The quantitative estimate of drug-likeness (QED) is 0.677. The van der Waals surface area contributed by atoms with Crippen LogP contribution in [0.2, 0.25) is 0 Å². The lowest BCUT2D eigenvalue weighted by molar-refractivity contribution is 0.103. The van der Waals surface area contributed by atoms with E-state index in [-0.39, 0.29) is 0 Å². The van der Waals surface area contributed by atoms with E-state index in [4.69, 9.17) is 5.73 Å². The van der Waals surface area contributed by atoms with Crippen LogP contribution in [0, 0.1) is 5.92 Å². The minimum Gasteiger partial charge on any atom is -0.329 e. The van der Waals surface area contributed by atoms with Gasteiger partial charge in [-0.1, -0.05) is 13.8 Å². The van der Waals surface area contributed by atoms with Gasteiger partial charge in [0.05, 0.1) is 0 Å². The van der Waals surface area contributed by atoms with Crippen LogP contribution < -0.4 is 5.73 Å². The van der Waals surface area contributed by atoms with E-state index in [1.165, 1.54) is 19.3 Å². The summed E-state index contributed by atoms with van der Waals surface area (Å²) in [6, 6.07) is 0. The van der Waals surface area contributed by atoms with Crippen molar-refractivity contribution in [2.24, 2.45) is 11.7 Å². The Morgan fingerprint density at radius 2 is 2.00 bits per heavy atom. The molecule has 72 valence electrons. The van der Waals surface area contributed by atoms with Crippen molar-refractivity contribution in [1.29, 1.82) is 0 Å². The van der Waals surface area contributed by atoms with Crippen LogP contribution in [0.3, 0.4) is 0 Å². The van der Waals surface area contributed by atoms with Crippen LogP contribution in [0.5, 0.6) is 0 Å². The second kappa shape index (κ2) is 3.75. The summed E-state index contributed by atoms with van der Waals surface area (Å²) in [7, 11) is 2.20. The highest BCUT2D eigenvalue weighted by Crippen LogP contribution is 2.43. The minimum atomic E-state index is 0.314. The fourth-order valence-corrected chi connectivity index (χ4v) is 2.27. The average molecular weight is 170 g/mol. The van der Waals surface area contributed by atoms with Crippen LogP contribution in [0.15, 0.2) is 0 Å². The average Bonchev–Trinajstić information content (AvgIpc) is 2.91. The van der Waals surface area contributed by atoms with Gasteiger partial charge in [-0.3, -0.25) is 4.90 Å². The highest BCUT2D eigenvalue weighted by Gasteiger charge is 2.44. The molecule has 1 fully saturated rings. The number of hydrogen-bond acceptors (Lipinski definition) is 2. The van der Waals surface area contributed by atoms with Gasteiger partial charge in [0.15, 0.2) is 0 Å². The molecule has 0 heterocycles. The van der Waals surface area contributed by atoms with Gasteiger partial charge in [0.25, 0.3) is 0 Å². The monoisotopic (exact) mass is 170 g/mol. The number of nitrogens with zero attached hydrogens (tertiary/aromatic N) is 1. The number of likely N-dealkylation sites (N-methyl/N-ethyl adjacent to an activating group) is 1. The normalized spacial score (nSPS) is 22.8. The van der Waals surface area contributed by atoms with E-state index in [0.717, 1.165) is 19.0 Å². The summed E-state index contributed by atoms with van der Waals surface area (Å²) < 4.78 is 0. The van der Waals surface area contributed by atoms with Gasteiger partial charge < -0.3 is 5.73 Å². The predicted octanol–water partition coefficient (Wildman–Crippen LogP) is 1.46. The van der Waals surface area contributed by atoms with Crippen molar-refractivity contribution in [3.8, 4) is 0 Å². The van der Waals surface area contributed by atoms with Crippen LogP contribution >= 0.6 is 0 Å². The van der Waals surface area contributed by atoms with Gasteiger partial charge in [0, 0.05) is 12.1 Å². The van der Waals surface area contributed by atoms with Crippen molar-refractivity contribution in [2.75, 3.05) is 20.1 Å². The van der Waals surface area contributed by atoms with Gasteiger partial charge in [-0.2, -0.15) is 0 Å². The van der Waals surface area contributed by atoms with Crippen molar-refractivity contribution < 1.29 is 0 Å². The molecule has 2 nitrogen and oxygen atoms in total. The van der Waals surface area contributed by atoms with Crippen molar-refractivity contribution in [3.05, 3.63) is 0 Å². The highest BCUT2D eigenvalue weighted by molar-refractivity contribution is 5.01. The first-order valence-corrected chi connectivity index (χ1v) is 5.12. The van der Waals surface area contributed by atoms with E-state index in [1.807, 2.05) is 0 Å². The van der Waals surface area contributed by atoms with Crippen LogP contribution in [0.4, 0.5) is 0 Å². The zero-order valence-electron chi connectivity index (χ0n) is 8.64. The molecule has 1 unspecified atom stereocenters. The second-order valence-electron chi connectivity index (χ2n) is 3.95. The van der Waals surface area contributed by atoms with Crippen molar-refractivity contribution >= 4 is 0 Å². The Kier molecular flexibility index (Phi) is 3.13. The highest BCUT2D eigenvalue weighted by atomic mass is 15.2. The molecule has 1 aliphatic carbocycles. The van der Waals surface area contributed by atoms with Gasteiger partial charge in [-0.15, -0.1) is 0 Å². The summed E-state index contributed by atoms with van der Waals surface area (Å²) in [4.78, 5) is 2.44. The largest absolute Gasteiger partial charge is 0.329 e. The van der Waals surface area contributed by atoms with Gasteiger partial charge in [-0.25, -0.2) is 0 Å². The molecule has 1 rings (SSSR count). The summed E-state index contributed by atoms with van der Waals surface area (Å²) in [6.07, 6.45) is 3.96. The summed E-state index contributed by atoms with van der Waals surface area (Å²) in [5, 5.41) is 0. The molecule has 1 atom stereocenters. The van der Waals surface area contributed by atoms with Gasteiger partial charge >= 0.3 is 0 Å². The van der Waals surface area contributed by atoms with Crippen LogP contribution in [0.1, 0.15) is 33.1 Å². The van der Waals surface area contributed by atoms with Gasteiger partial charge in [-0.05, 0) is 38.8 Å². The zero-order valence-corrected chi connectivity index (χ0v) is 8.64. The molecule has 0 bridgehead atoms. The Bertz CT molecular complexity index is 137. The minimum absolute atomic E-state index is 0.314. The molecule has 0 aromatic carbocycles. The molecule has 0 aromatic heterocycles. The molecular weight excluding hydrogens is 148 g/mol. The first kappa shape index (κ1) is 10.0. The molecule has 0 radical (unpaired) electrons. The molecule has 0 saturated heterocycles. The maximum Gasteiger partial charge on any atom is 0.0354 e. The third-order valence-electron chi connectivity index (χ3n) is 3.54. The Labute approximate surface area is 76.1 Å². The maximum absolute atomic E-state index is 5.89. The van der Waals surface area contributed by atoms with E-state index >= 15 is 0 Å². The van der Waals surface area contributed by atoms with Crippen LogP contribution in [0.25, 0.3) is 0 Å². The van der Waals surface area contributed by atoms with Crippen LogP contribution in [-0.4, -0.2) is 30.6 Å². The van der Waals surface area contributed by atoms with Gasteiger partial charge in [0.2, 0.25) is 0 Å². The molecular formula is C10H22N2.